The first-order chi connectivity index (χ1) is 10.3. The second kappa shape index (κ2) is 6.07. The average molecular weight is 301 g/mol. The van der Waals surface area contributed by atoms with Crippen molar-refractivity contribution in [2.24, 2.45) is 0 Å². The van der Waals surface area contributed by atoms with Crippen molar-refractivity contribution < 1.29 is 4.74 Å². The molecule has 3 rings (SSSR count). The number of hydrogen-bond donors (Lipinski definition) is 2. The Morgan fingerprint density at radius 1 is 1.38 bits per heavy atom. The van der Waals surface area contributed by atoms with Gasteiger partial charge >= 0.3 is 0 Å². The van der Waals surface area contributed by atoms with Gasteiger partial charge in [-0.1, -0.05) is 12.1 Å². The lowest BCUT2D eigenvalue weighted by molar-refractivity contribution is 0.185. The Morgan fingerprint density at radius 2 is 2.29 bits per heavy atom. The molecule has 2 heterocycles. The van der Waals surface area contributed by atoms with E-state index in [2.05, 4.69) is 15.3 Å². The number of nitrogens with one attached hydrogen (secondary N) is 2. The number of rotatable bonds is 5. The highest BCUT2D eigenvalue weighted by Crippen LogP contribution is 2.15. The van der Waals surface area contributed by atoms with Crippen LogP contribution in [0.1, 0.15) is 11.4 Å². The molecule has 0 fully saturated rings. The number of aromatic amines is 1. The van der Waals surface area contributed by atoms with E-state index in [-0.39, 0.29) is 5.56 Å². The van der Waals surface area contributed by atoms with Gasteiger partial charge in [0.05, 0.1) is 18.7 Å². The highest BCUT2D eigenvalue weighted by molar-refractivity contribution is 7.17. The van der Waals surface area contributed by atoms with Crippen LogP contribution in [0.4, 0.5) is 5.69 Å². The fourth-order valence-corrected chi connectivity index (χ4v) is 2.85. The number of hydrogen-bond acceptors (Lipinski definition) is 5. The van der Waals surface area contributed by atoms with Crippen molar-refractivity contribution in [2.75, 3.05) is 12.4 Å². The van der Waals surface area contributed by atoms with Gasteiger partial charge in [-0.15, -0.1) is 11.3 Å². The monoisotopic (exact) mass is 301 g/mol. The largest absolute Gasteiger partial charge is 0.380 e. The van der Waals surface area contributed by atoms with Crippen molar-refractivity contribution in [3.8, 4) is 0 Å². The number of fused-ring (bicyclic) bond motifs is 1. The molecule has 0 saturated carbocycles. The first-order valence-electron chi connectivity index (χ1n) is 6.54. The van der Waals surface area contributed by atoms with Gasteiger partial charge in [0, 0.05) is 12.8 Å². The molecular weight excluding hydrogens is 286 g/mol. The van der Waals surface area contributed by atoms with Crippen molar-refractivity contribution in [3.05, 3.63) is 57.5 Å². The summed E-state index contributed by atoms with van der Waals surface area (Å²) in [4.78, 5) is 19.1. The van der Waals surface area contributed by atoms with Gasteiger partial charge in [-0.3, -0.25) is 4.79 Å². The number of aromatic nitrogens is 2. The molecule has 0 aliphatic rings. The molecule has 0 atom stereocenters. The molecule has 0 aliphatic carbocycles. The molecule has 0 spiro atoms. The smallest absolute Gasteiger partial charge is 0.268 e. The van der Waals surface area contributed by atoms with Crippen LogP contribution in [0.25, 0.3) is 10.2 Å². The standard InChI is InChI=1S/C15H15N3O2S/c1-20-9-10-3-2-4-11(7-10)16-8-13-17-12-5-6-21-14(12)15(19)18-13/h2-7,16H,8-9H2,1H3,(H,17,18,19). The third-order valence-electron chi connectivity index (χ3n) is 3.06. The quantitative estimate of drug-likeness (QED) is 0.760. The van der Waals surface area contributed by atoms with E-state index in [4.69, 9.17) is 4.74 Å². The third-order valence-corrected chi connectivity index (χ3v) is 3.96. The lowest BCUT2D eigenvalue weighted by atomic mass is 10.2. The SMILES string of the molecule is COCc1cccc(NCc2nc3ccsc3c(=O)[nH]2)c1. The normalized spacial score (nSPS) is 10.9. The number of anilines is 1. The number of H-pyrrole nitrogens is 1. The van der Waals surface area contributed by atoms with E-state index in [0.717, 1.165) is 16.8 Å². The summed E-state index contributed by atoms with van der Waals surface area (Å²) in [7, 11) is 1.67. The van der Waals surface area contributed by atoms with Crippen LogP contribution >= 0.6 is 11.3 Å². The predicted octanol–water partition coefficient (Wildman–Crippen LogP) is 2.74. The Bertz CT molecular complexity index is 810. The average Bonchev–Trinajstić information content (AvgIpc) is 2.95. The van der Waals surface area contributed by atoms with Crippen LogP contribution in [0.15, 0.2) is 40.5 Å². The summed E-state index contributed by atoms with van der Waals surface area (Å²) in [6, 6.07) is 9.82. The van der Waals surface area contributed by atoms with Crippen LogP contribution < -0.4 is 10.9 Å². The fraction of sp³-hybridized carbons (Fsp3) is 0.200. The van der Waals surface area contributed by atoms with Gasteiger partial charge < -0.3 is 15.0 Å². The maximum absolute atomic E-state index is 11.9. The molecule has 3 aromatic rings. The van der Waals surface area contributed by atoms with E-state index in [1.54, 1.807) is 7.11 Å². The van der Waals surface area contributed by atoms with Crippen LogP contribution in [0.2, 0.25) is 0 Å². The van der Waals surface area contributed by atoms with Crippen molar-refractivity contribution in [1.82, 2.24) is 9.97 Å². The lowest BCUT2D eigenvalue weighted by Crippen LogP contribution is -2.13. The van der Waals surface area contributed by atoms with Gasteiger partial charge in [-0.25, -0.2) is 4.98 Å². The van der Waals surface area contributed by atoms with Gasteiger partial charge in [-0.2, -0.15) is 0 Å². The number of thiophene rings is 1. The first-order valence-corrected chi connectivity index (χ1v) is 7.42. The van der Waals surface area contributed by atoms with Crippen LogP contribution in [0, 0.1) is 0 Å². The summed E-state index contributed by atoms with van der Waals surface area (Å²) in [6.45, 7) is 1.04. The van der Waals surface area contributed by atoms with Crippen molar-refractivity contribution in [3.63, 3.8) is 0 Å². The molecule has 2 aromatic heterocycles. The minimum absolute atomic E-state index is 0.0834. The summed E-state index contributed by atoms with van der Waals surface area (Å²) >= 11 is 1.40. The first kappa shape index (κ1) is 13.8. The molecule has 21 heavy (non-hydrogen) atoms. The summed E-state index contributed by atoms with van der Waals surface area (Å²) < 4.78 is 5.78. The van der Waals surface area contributed by atoms with Crippen LogP contribution in [-0.4, -0.2) is 17.1 Å². The highest BCUT2D eigenvalue weighted by Gasteiger charge is 2.05. The maximum atomic E-state index is 11.9. The van der Waals surface area contributed by atoms with E-state index in [9.17, 15) is 4.79 Å². The zero-order chi connectivity index (χ0) is 14.7. The van der Waals surface area contributed by atoms with Gasteiger partial charge in [0.1, 0.15) is 10.5 Å². The van der Waals surface area contributed by atoms with Crippen molar-refractivity contribution >= 4 is 27.2 Å². The predicted molar refractivity (Wildman–Crippen MR) is 84.7 cm³/mol. The van der Waals surface area contributed by atoms with E-state index in [1.165, 1.54) is 11.3 Å². The molecule has 0 amide bonds. The molecule has 0 unspecified atom stereocenters. The minimum Gasteiger partial charge on any atom is -0.380 e. The zero-order valence-corrected chi connectivity index (χ0v) is 12.4. The van der Waals surface area contributed by atoms with Crippen LogP contribution in [-0.2, 0) is 17.9 Å². The molecule has 0 aliphatic heterocycles. The minimum atomic E-state index is -0.0834. The summed E-state index contributed by atoms with van der Waals surface area (Å²) in [5.41, 5.74) is 2.73. The van der Waals surface area contributed by atoms with Crippen molar-refractivity contribution in [1.29, 1.82) is 0 Å². The van der Waals surface area contributed by atoms with Gasteiger partial charge in [0.2, 0.25) is 0 Å². The molecule has 0 radical (unpaired) electrons. The molecule has 0 bridgehead atoms. The van der Waals surface area contributed by atoms with E-state index >= 15 is 0 Å². The summed E-state index contributed by atoms with van der Waals surface area (Å²) in [5, 5.41) is 5.13. The molecule has 1 aromatic carbocycles. The number of nitrogens with zero attached hydrogens (tertiary/aromatic N) is 1. The van der Waals surface area contributed by atoms with Crippen molar-refractivity contribution in [2.45, 2.75) is 13.2 Å². The Hall–Kier alpha value is -2.18. The third kappa shape index (κ3) is 3.12. The topological polar surface area (TPSA) is 67.0 Å². The number of ether oxygens (including phenoxy) is 1. The Labute approximate surface area is 125 Å². The molecule has 0 saturated heterocycles. The molecular formula is C15H15N3O2S. The summed E-state index contributed by atoms with van der Waals surface area (Å²) in [6.07, 6.45) is 0. The molecule has 6 heteroatoms. The van der Waals surface area contributed by atoms with E-state index < -0.39 is 0 Å². The highest BCUT2D eigenvalue weighted by atomic mass is 32.1. The second-order valence-corrected chi connectivity index (χ2v) is 5.55. The molecule has 2 N–H and O–H groups in total. The Kier molecular flexibility index (Phi) is 3.98. The van der Waals surface area contributed by atoms with Gasteiger partial charge in [-0.05, 0) is 29.1 Å². The number of benzene rings is 1. The zero-order valence-electron chi connectivity index (χ0n) is 11.6. The molecule has 5 nitrogen and oxygen atoms in total. The Morgan fingerprint density at radius 3 is 3.14 bits per heavy atom. The second-order valence-electron chi connectivity index (χ2n) is 4.63. The number of methoxy groups -OCH3 is 1. The van der Waals surface area contributed by atoms with Crippen LogP contribution in [0.5, 0.6) is 0 Å². The van der Waals surface area contributed by atoms with Gasteiger partial charge in [0.15, 0.2) is 0 Å². The fourth-order valence-electron chi connectivity index (χ4n) is 2.13. The summed E-state index contributed by atoms with van der Waals surface area (Å²) in [5.74, 6) is 0.628. The van der Waals surface area contributed by atoms with Gasteiger partial charge in [0.25, 0.3) is 5.56 Å². The Balaban J connectivity index is 1.76. The van der Waals surface area contributed by atoms with Crippen LogP contribution in [0.3, 0.4) is 0 Å². The van der Waals surface area contributed by atoms with E-state index in [0.29, 0.717) is 23.7 Å². The van der Waals surface area contributed by atoms with E-state index in [1.807, 2.05) is 35.7 Å². The lowest BCUT2D eigenvalue weighted by Gasteiger charge is -2.08. The maximum Gasteiger partial charge on any atom is 0.268 e. The molecule has 108 valence electrons.